The van der Waals surface area contributed by atoms with Crippen LogP contribution in [0.15, 0.2) is 0 Å². The van der Waals surface area contributed by atoms with Crippen molar-refractivity contribution in [2.75, 3.05) is 33.5 Å². The smallest absolute Gasteiger partial charge is 0.219 e. The maximum absolute atomic E-state index is 10.8. The molecule has 0 rings (SSSR count). The van der Waals surface area contributed by atoms with E-state index < -0.39 is 0 Å². The lowest BCUT2D eigenvalue weighted by Gasteiger charge is -2.24. The van der Waals surface area contributed by atoms with Crippen LogP contribution in [-0.4, -0.2) is 44.9 Å². The molecule has 0 aliphatic carbocycles. The van der Waals surface area contributed by atoms with Crippen LogP contribution in [0, 0.1) is 0 Å². The largest absolute Gasteiger partial charge is 0.382 e. The van der Waals surface area contributed by atoms with Crippen molar-refractivity contribution in [2.24, 2.45) is 5.73 Å². The quantitative estimate of drug-likeness (QED) is 0.531. The Kier molecular flexibility index (Phi) is 8.15. The van der Waals surface area contributed by atoms with Gasteiger partial charge in [-0.25, -0.2) is 0 Å². The zero-order valence-corrected chi connectivity index (χ0v) is 10.5. The number of nitrogens with two attached hydrogens (primary N) is 1. The summed E-state index contributed by atoms with van der Waals surface area (Å²) in [5.41, 5.74) is 4.91. The molecule has 0 aromatic heterocycles. The van der Waals surface area contributed by atoms with Crippen molar-refractivity contribution in [3.05, 3.63) is 0 Å². The standard InChI is InChI=1S/C11H24N2O3/c1-11(2,9-10(12)14)13-5-4-6-16-8-7-15-3/h13H,4-9H2,1-3H3,(H2,12,14). The van der Waals surface area contributed by atoms with Crippen LogP contribution in [0.3, 0.4) is 0 Å². The van der Waals surface area contributed by atoms with Crippen LogP contribution in [0.1, 0.15) is 26.7 Å². The molecule has 96 valence electrons. The number of rotatable bonds is 10. The highest BCUT2D eigenvalue weighted by molar-refractivity contribution is 5.74. The fourth-order valence-electron chi connectivity index (χ4n) is 1.34. The highest BCUT2D eigenvalue weighted by Gasteiger charge is 2.18. The summed E-state index contributed by atoms with van der Waals surface area (Å²) in [5.74, 6) is -0.283. The van der Waals surface area contributed by atoms with E-state index in [2.05, 4.69) is 5.32 Å². The molecule has 0 unspecified atom stereocenters. The second-order valence-corrected chi connectivity index (χ2v) is 4.41. The Bertz CT molecular complexity index is 196. The van der Waals surface area contributed by atoms with Gasteiger partial charge in [0.2, 0.25) is 5.91 Å². The molecule has 0 bridgehead atoms. The minimum atomic E-state index is -0.283. The average molecular weight is 232 g/mol. The lowest BCUT2D eigenvalue weighted by molar-refractivity contribution is -0.119. The maximum Gasteiger partial charge on any atom is 0.219 e. The number of hydrogen-bond donors (Lipinski definition) is 2. The van der Waals surface area contributed by atoms with Gasteiger partial charge in [-0.3, -0.25) is 4.79 Å². The molecule has 0 heterocycles. The third kappa shape index (κ3) is 9.89. The van der Waals surface area contributed by atoms with Gasteiger partial charge in [-0.2, -0.15) is 0 Å². The molecule has 5 nitrogen and oxygen atoms in total. The molecule has 0 atom stereocenters. The Labute approximate surface area is 97.7 Å². The highest BCUT2D eigenvalue weighted by Crippen LogP contribution is 2.06. The van der Waals surface area contributed by atoms with Gasteiger partial charge in [0.25, 0.3) is 0 Å². The summed E-state index contributed by atoms with van der Waals surface area (Å²) in [4.78, 5) is 10.8. The van der Waals surface area contributed by atoms with Gasteiger partial charge in [-0.05, 0) is 26.8 Å². The van der Waals surface area contributed by atoms with Gasteiger partial charge in [0, 0.05) is 25.7 Å². The van der Waals surface area contributed by atoms with Gasteiger partial charge in [0.15, 0.2) is 0 Å². The molecule has 0 saturated carbocycles. The zero-order chi connectivity index (χ0) is 12.4. The van der Waals surface area contributed by atoms with Crippen LogP contribution in [0.4, 0.5) is 0 Å². The molecule has 16 heavy (non-hydrogen) atoms. The van der Waals surface area contributed by atoms with E-state index in [0.717, 1.165) is 13.0 Å². The van der Waals surface area contributed by atoms with E-state index in [1.165, 1.54) is 0 Å². The molecule has 0 saturated heterocycles. The topological polar surface area (TPSA) is 73.6 Å². The first-order valence-electron chi connectivity index (χ1n) is 5.58. The van der Waals surface area contributed by atoms with Gasteiger partial charge < -0.3 is 20.5 Å². The van der Waals surface area contributed by atoms with Crippen LogP contribution in [0.25, 0.3) is 0 Å². The molecule has 1 amide bonds. The summed E-state index contributed by atoms with van der Waals surface area (Å²) in [7, 11) is 1.65. The zero-order valence-electron chi connectivity index (χ0n) is 10.5. The number of hydrogen-bond acceptors (Lipinski definition) is 4. The summed E-state index contributed by atoms with van der Waals surface area (Å²) in [6.45, 7) is 6.69. The number of carbonyl (C=O) groups excluding carboxylic acids is 1. The van der Waals surface area contributed by atoms with Crippen molar-refractivity contribution < 1.29 is 14.3 Å². The number of carbonyl (C=O) groups is 1. The van der Waals surface area contributed by atoms with Crippen LogP contribution >= 0.6 is 0 Å². The van der Waals surface area contributed by atoms with E-state index in [4.69, 9.17) is 15.2 Å². The first-order valence-corrected chi connectivity index (χ1v) is 5.58. The van der Waals surface area contributed by atoms with Crippen molar-refractivity contribution >= 4 is 5.91 Å². The number of nitrogens with one attached hydrogen (secondary N) is 1. The number of amides is 1. The third-order valence-electron chi connectivity index (χ3n) is 2.12. The van der Waals surface area contributed by atoms with Crippen molar-refractivity contribution in [3.8, 4) is 0 Å². The molecular formula is C11H24N2O3. The van der Waals surface area contributed by atoms with Crippen molar-refractivity contribution in [1.82, 2.24) is 5.32 Å². The second-order valence-electron chi connectivity index (χ2n) is 4.41. The maximum atomic E-state index is 10.8. The van der Waals surface area contributed by atoms with E-state index in [1.54, 1.807) is 7.11 Å². The second kappa shape index (κ2) is 8.50. The van der Waals surface area contributed by atoms with Crippen molar-refractivity contribution in [3.63, 3.8) is 0 Å². The Morgan fingerprint density at radius 2 is 2.00 bits per heavy atom. The van der Waals surface area contributed by atoms with Crippen LogP contribution < -0.4 is 11.1 Å². The molecule has 0 aliphatic heterocycles. The first-order chi connectivity index (χ1) is 7.48. The lowest BCUT2D eigenvalue weighted by atomic mass is 10.0. The summed E-state index contributed by atoms with van der Waals surface area (Å²) in [6.07, 6.45) is 1.25. The predicted octanol–water partition coefficient (Wildman–Crippen LogP) is 0.283. The van der Waals surface area contributed by atoms with Gasteiger partial charge in [0.05, 0.1) is 13.2 Å². The Morgan fingerprint density at radius 1 is 1.31 bits per heavy atom. The third-order valence-corrected chi connectivity index (χ3v) is 2.12. The van der Waals surface area contributed by atoms with Crippen LogP contribution in [0.5, 0.6) is 0 Å². The van der Waals surface area contributed by atoms with E-state index in [1.807, 2.05) is 13.8 Å². The minimum Gasteiger partial charge on any atom is -0.382 e. The minimum absolute atomic E-state index is 0.238. The summed E-state index contributed by atoms with van der Waals surface area (Å²) < 4.78 is 10.2. The Hall–Kier alpha value is -0.650. The molecule has 0 spiro atoms. The van der Waals surface area contributed by atoms with E-state index in [9.17, 15) is 4.79 Å². The van der Waals surface area contributed by atoms with Gasteiger partial charge >= 0.3 is 0 Å². The fraction of sp³-hybridized carbons (Fsp3) is 0.909. The molecule has 5 heteroatoms. The Balaban J connectivity index is 3.39. The van der Waals surface area contributed by atoms with Crippen molar-refractivity contribution in [1.29, 1.82) is 0 Å². The molecule has 0 aromatic carbocycles. The van der Waals surface area contributed by atoms with E-state index >= 15 is 0 Å². The highest BCUT2D eigenvalue weighted by atomic mass is 16.5. The van der Waals surface area contributed by atoms with Gasteiger partial charge in [-0.1, -0.05) is 0 Å². The van der Waals surface area contributed by atoms with Crippen LogP contribution in [0.2, 0.25) is 0 Å². The molecule has 0 aromatic rings. The van der Waals surface area contributed by atoms with Gasteiger partial charge in [0.1, 0.15) is 0 Å². The van der Waals surface area contributed by atoms with Crippen LogP contribution in [-0.2, 0) is 14.3 Å². The predicted molar refractivity (Wildman–Crippen MR) is 63.2 cm³/mol. The number of primary amides is 1. The summed E-state index contributed by atoms with van der Waals surface area (Å²) >= 11 is 0. The fourth-order valence-corrected chi connectivity index (χ4v) is 1.34. The molecule has 0 radical (unpaired) electrons. The lowest BCUT2D eigenvalue weighted by Crippen LogP contribution is -2.43. The molecule has 0 fully saturated rings. The van der Waals surface area contributed by atoms with Gasteiger partial charge in [-0.15, -0.1) is 0 Å². The first kappa shape index (κ1) is 15.3. The summed E-state index contributed by atoms with van der Waals surface area (Å²) in [6, 6.07) is 0. The number of methoxy groups -OCH3 is 1. The number of ether oxygens (including phenoxy) is 2. The van der Waals surface area contributed by atoms with Crippen molar-refractivity contribution in [2.45, 2.75) is 32.2 Å². The Morgan fingerprint density at radius 3 is 2.56 bits per heavy atom. The van der Waals surface area contributed by atoms with E-state index in [-0.39, 0.29) is 11.4 Å². The summed E-state index contributed by atoms with van der Waals surface area (Å²) in [5, 5.41) is 3.27. The SMILES string of the molecule is COCCOCCCNC(C)(C)CC(N)=O. The molecule has 0 aliphatic rings. The molecular weight excluding hydrogens is 208 g/mol. The monoisotopic (exact) mass is 232 g/mol. The molecule has 3 N–H and O–H groups in total. The average Bonchev–Trinajstić information content (AvgIpc) is 2.14. The normalized spacial score (nSPS) is 11.7. The van der Waals surface area contributed by atoms with E-state index in [0.29, 0.717) is 26.2 Å².